The number of hydrogen-bond donors (Lipinski definition) is 0. The average molecular weight is 220 g/mol. The summed E-state index contributed by atoms with van der Waals surface area (Å²) in [5.74, 6) is 0.113. The number of Topliss-reactive ketones (excluding diaryl/α,β-unsaturated/α-hetero) is 1. The normalized spacial score (nSPS) is 10.5. The minimum Gasteiger partial charge on any atom is -0.340 e. The second-order valence-corrected chi connectivity index (χ2v) is 4.26. The summed E-state index contributed by atoms with van der Waals surface area (Å²) in [5, 5.41) is 4.10. The number of thiophene rings is 1. The molecule has 0 saturated carbocycles. The Bertz CT molecular complexity index is 445. The van der Waals surface area contributed by atoms with Crippen LogP contribution in [0.4, 0.5) is 0 Å². The van der Waals surface area contributed by atoms with Crippen molar-refractivity contribution < 1.29 is 4.79 Å². The fraction of sp³-hybridized carbons (Fsp3) is 0.273. The minimum absolute atomic E-state index is 0.113. The Balaban J connectivity index is 1.93. The van der Waals surface area contributed by atoms with Crippen LogP contribution in [0.1, 0.15) is 22.5 Å². The first kappa shape index (κ1) is 10.1. The lowest BCUT2D eigenvalue weighted by Crippen LogP contribution is -2.01. The van der Waals surface area contributed by atoms with E-state index in [1.54, 1.807) is 28.4 Å². The smallest absolute Gasteiger partial charge is 0.183 e. The van der Waals surface area contributed by atoms with E-state index in [9.17, 15) is 4.79 Å². The van der Waals surface area contributed by atoms with E-state index in [1.807, 2.05) is 12.4 Å². The number of carbonyl (C=O) groups excluding carboxylic acids is 1. The zero-order valence-electron chi connectivity index (χ0n) is 8.51. The van der Waals surface area contributed by atoms with E-state index in [0.29, 0.717) is 12.1 Å². The molecule has 0 aliphatic carbocycles. The zero-order valence-corrected chi connectivity index (χ0v) is 9.33. The maximum absolute atomic E-state index is 11.7. The summed E-state index contributed by atoms with van der Waals surface area (Å²) in [4.78, 5) is 15.7. The largest absolute Gasteiger partial charge is 0.340 e. The molecule has 0 fully saturated rings. The van der Waals surface area contributed by atoms with Gasteiger partial charge in [-0.15, -0.1) is 0 Å². The minimum atomic E-state index is 0.113. The van der Waals surface area contributed by atoms with Crippen molar-refractivity contribution in [2.75, 3.05) is 0 Å². The number of imidazole rings is 1. The molecule has 0 atom stereocenters. The summed E-state index contributed by atoms with van der Waals surface area (Å²) in [7, 11) is 1.86. The molecule has 78 valence electrons. The molecule has 0 aromatic carbocycles. The van der Waals surface area contributed by atoms with Crippen LogP contribution in [-0.4, -0.2) is 15.3 Å². The molecule has 0 aliphatic rings. The van der Waals surface area contributed by atoms with Crippen LogP contribution in [0.2, 0.25) is 0 Å². The monoisotopic (exact) mass is 220 g/mol. The van der Waals surface area contributed by atoms with E-state index < -0.39 is 0 Å². The molecule has 0 unspecified atom stereocenters. The number of aryl methyl sites for hydroxylation is 2. The average Bonchev–Trinajstić information content (AvgIpc) is 2.84. The molecule has 0 saturated heterocycles. The van der Waals surface area contributed by atoms with Gasteiger partial charge in [0.05, 0.1) is 6.33 Å². The van der Waals surface area contributed by atoms with Crippen molar-refractivity contribution in [2.24, 2.45) is 7.05 Å². The highest BCUT2D eigenvalue weighted by atomic mass is 32.1. The van der Waals surface area contributed by atoms with E-state index in [-0.39, 0.29) is 5.78 Å². The van der Waals surface area contributed by atoms with Crippen LogP contribution in [0.5, 0.6) is 0 Å². The van der Waals surface area contributed by atoms with Crippen LogP contribution in [0.15, 0.2) is 29.4 Å². The van der Waals surface area contributed by atoms with Gasteiger partial charge < -0.3 is 4.57 Å². The number of nitrogens with zero attached hydrogens (tertiary/aromatic N) is 2. The van der Waals surface area contributed by atoms with Crippen LogP contribution in [0, 0.1) is 0 Å². The van der Waals surface area contributed by atoms with E-state index >= 15 is 0 Å². The molecular formula is C11H12N2OS. The molecule has 0 radical (unpaired) electrons. The van der Waals surface area contributed by atoms with Crippen molar-refractivity contribution in [3.05, 3.63) is 40.6 Å². The summed E-state index contributed by atoms with van der Waals surface area (Å²) >= 11 is 1.66. The third-order valence-corrected chi connectivity index (χ3v) is 2.94. The molecule has 0 spiro atoms. The molecule has 3 nitrogen and oxygen atoms in total. The molecular weight excluding hydrogens is 208 g/mol. The van der Waals surface area contributed by atoms with Gasteiger partial charge in [0.2, 0.25) is 0 Å². The molecule has 2 aromatic heterocycles. The van der Waals surface area contributed by atoms with Crippen molar-refractivity contribution in [2.45, 2.75) is 12.8 Å². The van der Waals surface area contributed by atoms with Gasteiger partial charge in [0.1, 0.15) is 5.69 Å². The van der Waals surface area contributed by atoms with Crippen molar-refractivity contribution >= 4 is 17.1 Å². The SMILES string of the molecule is Cn1cnc(C(=O)CCc2ccsc2)c1. The molecule has 2 rings (SSSR count). The summed E-state index contributed by atoms with van der Waals surface area (Å²) < 4.78 is 1.79. The van der Waals surface area contributed by atoms with Crippen LogP contribution < -0.4 is 0 Å². The second-order valence-electron chi connectivity index (χ2n) is 3.48. The number of hydrogen-bond acceptors (Lipinski definition) is 3. The van der Waals surface area contributed by atoms with E-state index in [4.69, 9.17) is 0 Å². The summed E-state index contributed by atoms with van der Waals surface area (Å²) in [6.07, 6.45) is 4.75. The van der Waals surface area contributed by atoms with Crippen molar-refractivity contribution in [1.29, 1.82) is 0 Å². The van der Waals surface area contributed by atoms with Crippen molar-refractivity contribution in [3.8, 4) is 0 Å². The Hall–Kier alpha value is -1.42. The van der Waals surface area contributed by atoms with Crippen LogP contribution in [0.3, 0.4) is 0 Å². The number of rotatable bonds is 4. The first-order chi connectivity index (χ1) is 7.25. The molecule has 4 heteroatoms. The Morgan fingerprint density at radius 1 is 1.60 bits per heavy atom. The maximum atomic E-state index is 11.7. The van der Waals surface area contributed by atoms with Crippen molar-refractivity contribution in [1.82, 2.24) is 9.55 Å². The third-order valence-electron chi connectivity index (χ3n) is 2.21. The quantitative estimate of drug-likeness (QED) is 0.741. The molecule has 0 bridgehead atoms. The van der Waals surface area contributed by atoms with Gasteiger partial charge in [-0.2, -0.15) is 11.3 Å². The predicted octanol–water partition coefficient (Wildman–Crippen LogP) is 2.30. The fourth-order valence-corrected chi connectivity index (χ4v) is 2.08. The molecule has 0 amide bonds. The lowest BCUT2D eigenvalue weighted by molar-refractivity contribution is 0.0978. The number of aromatic nitrogens is 2. The molecule has 2 heterocycles. The topological polar surface area (TPSA) is 34.9 Å². The van der Waals surface area contributed by atoms with Gasteiger partial charge in [-0.1, -0.05) is 0 Å². The van der Waals surface area contributed by atoms with Gasteiger partial charge in [-0.3, -0.25) is 4.79 Å². The Morgan fingerprint density at radius 2 is 2.47 bits per heavy atom. The standard InChI is InChI=1S/C11H12N2OS/c1-13-6-10(12-8-13)11(14)3-2-9-4-5-15-7-9/h4-8H,2-3H2,1H3. The fourth-order valence-electron chi connectivity index (χ4n) is 1.38. The van der Waals surface area contributed by atoms with Gasteiger partial charge in [0.25, 0.3) is 0 Å². The first-order valence-corrected chi connectivity index (χ1v) is 5.72. The van der Waals surface area contributed by atoms with Crippen LogP contribution in [-0.2, 0) is 13.5 Å². The summed E-state index contributed by atoms with van der Waals surface area (Å²) in [5.41, 5.74) is 1.79. The van der Waals surface area contributed by atoms with Crippen LogP contribution >= 0.6 is 11.3 Å². The highest BCUT2D eigenvalue weighted by molar-refractivity contribution is 7.07. The lowest BCUT2D eigenvalue weighted by Gasteiger charge is -1.95. The molecule has 2 aromatic rings. The molecule has 0 aliphatic heterocycles. The van der Waals surface area contributed by atoms with Gasteiger partial charge in [0, 0.05) is 19.7 Å². The first-order valence-electron chi connectivity index (χ1n) is 4.78. The van der Waals surface area contributed by atoms with Gasteiger partial charge >= 0.3 is 0 Å². The number of carbonyl (C=O) groups is 1. The highest BCUT2D eigenvalue weighted by Gasteiger charge is 2.08. The zero-order chi connectivity index (χ0) is 10.7. The lowest BCUT2D eigenvalue weighted by atomic mass is 10.1. The Morgan fingerprint density at radius 3 is 3.07 bits per heavy atom. The third kappa shape index (κ3) is 2.53. The summed E-state index contributed by atoms with van der Waals surface area (Å²) in [6, 6.07) is 2.05. The summed E-state index contributed by atoms with van der Waals surface area (Å²) in [6.45, 7) is 0. The highest BCUT2D eigenvalue weighted by Crippen LogP contribution is 2.10. The van der Waals surface area contributed by atoms with E-state index in [1.165, 1.54) is 5.56 Å². The Kier molecular flexibility index (Phi) is 2.97. The molecule has 0 N–H and O–H groups in total. The van der Waals surface area contributed by atoms with Gasteiger partial charge in [-0.25, -0.2) is 4.98 Å². The molecule has 15 heavy (non-hydrogen) atoms. The van der Waals surface area contributed by atoms with Crippen LogP contribution in [0.25, 0.3) is 0 Å². The van der Waals surface area contributed by atoms with E-state index in [2.05, 4.69) is 16.4 Å². The predicted molar refractivity (Wildman–Crippen MR) is 60.2 cm³/mol. The van der Waals surface area contributed by atoms with Gasteiger partial charge in [-0.05, 0) is 28.8 Å². The van der Waals surface area contributed by atoms with E-state index in [0.717, 1.165) is 6.42 Å². The number of ketones is 1. The maximum Gasteiger partial charge on any atom is 0.183 e. The Labute approximate surface area is 92.4 Å². The van der Waals surface area contributed by atoms with Crippen molar-refractivity contribution in [3.63, 3.8) is 0 Å². The second kappa shape index (κ2) is 4.40. The van der Waals surface area contributed by atoms with Gasteiger partial charge in [0.15, 0.2) is 5.78 Å².